The van der Waals surface area contributed by atoms with Crippen LogP contribution >= 0.6 is 0 Å². The van der Waals surface area contributed by atoms with E-state index in [1.54, 1.807) is 12.1 Å². The van der Waals surface area contributed by atoms with E-state index < -0.39 is 10.0 Å². The fourth-order valence-electron chi connectivity index (χ4n) is 1.62. The molecule has 114 valence electrons. The number of aryl methyl sites for hydroxylation is 1. The highest BCUT2D eigenvalue weighted by molar-refractivity contribution is 7.90. The largest absolute Gasteiger partial charge is 0.368 e. The molecule has 6 nitrogen and oxygen atoms in total. The zero-order valence-electron chi connectivity index (χ0n) is 12.0. The monoisotopic (exact) mass is 316 g/mol. The van der Waals surface area contributed by atoms with Crippen LogP contribution in [-0.4, -0.2) is 20.6 Å². The van der Waals surface area contributed by atoms with Gasteiger partial charge in [-0.25, -0.2) is 5.43 Å². The first-order valence-electron chi connectivity index (χ1n) is 6.48. The molecule has 0 saturated heterocycles. The van der Waals surface area contributed by atoms with Crippen molar-refractivity contribution in [1.82, 2.24) is 5.43 Å². The predicted octanol–water partition coefficient (Wildman–Crippen LogP) is 1.62. The van der Waals surface area contributed by atoms with Gasteiger partial charge in [0.1, 0.15) is 0 Å². The number of nitrogens with zero attached hydrogens (tertiary/aromatic N) is 2. The summed E-state index contributed by atoms with van der Waals surface area (Å²) in [6.45, 7) is 1.87. The van der Waals surface area contributed by atoms with Crippen LogP contribution in [0.5, 0.6) is 0 Å². The van der Waals surface area contributed by atoms with Crippen LogP contribution in [-0.2, 0) is 10.0 Å². The molecule has 0 atom stereocenters. The van der Waals surface area contributed by atoms with E-state index >= 15 is 0 Å². The van der Waals surface area contributed by atoms with Gasteiger partial charge in [-0.3, -0.25) is 0 Å². The Labute approximate surface area is 129 Å². The molecular weight excluding hydrogens is 300 g/mol. The average Bonchev–Trinajstić information content (AvgIpc) is 2.48. The van der Waals surface area contributed by atoms with E-state index in [1.807, 2.05) is 37.3 Å². The number of hydrogen-bond donors (Lipinski definition) is 2. The van der Waals surface area contributed by atoms with Crippen LogP contribution in [0.25, 0.3) is 0 Å². The molecule has 0 amide bonds. The molecule has 7 heteroatoms. The zero-order valence-corrected chi connectivity index (χ0v) is 12.8. The molecule has 0 saturated carbocycles. The van der Waals surface area contributed by atoms with Crippen LogP contribution < -0.4 is 11.2 Å². The van der Waals surface area contributed by atoms with Crippen molar-refractivity contribution in [2.24, 2.45) is 15.2 Å². The van der Waals surface area contributed by atoms with Crippen LogP contribution in [0.4, 0.5) is 0 Å². The molecule has 0 fully saturated rings. The average molecular weight is 316 g/mol. The van der Waals surface area contributed by atoms with Gasteiger partial charge in [0.05, 0.1) is 11.1 Å². The van der Waals surface area contributed by atoms with E-state index in [-0.39, 0.29) is 10.9 Å². The highest BCUT2D eigenvalue weighted by Crippen LogP contribution is 2.12. The third-order valence-corrected chi connectivity index (χ3v) is 4.03. The van der Waals surface area contributed by atoms with Gasteiger partial charge in [0.2, 0.25) is 5.96 Å². The van der Waals surface area contributed by atoms with Gasteiger partial charge in [-0.05, 0) is 24.6 Å². The lowest BCUT2D eigenvalue weighted by molar-refractivity contribution is 0.597. The molecule has 2 aromatic rings. The molecule has 0 spiro atoms. The highest BCUT2D eigenvalue weighted by Gasteiger charge is 2.12. The summed E-state index contributed by atoms with van der Waals surface area (Å²) in [5.41, 5.74) is 9.73. The molecule has 0 unspecified atom stereocenters. The second-order valence-electron chi connectivity index (χ2n) is 4.55. The smallest absolute Gasteiger partial charge is 0.285 e. The van der Waals surface area contributed by atoms with E-state index in [2.05, 4.69) is 14.9 Å². The SMILES string of the molecule is Cc1ccc(S(=O)(=O)N=C(N)N/N=C\c2ccccc2)cc1. The quantitative estimate of drug-likeness (QED) is 0.509. The van der Waals surface area contributed by atoms with Crippen LogP contribution in [0.15, 0.2) is 69.0 Å². The summed E-state index contributed by atoms with van der Waals surface area (Å²) in [6.07, 6.45) is 1.51. The van der Waals surface area contributed by atoms with Crippen molar-refractivity contribution in [3.63, 3.8) is 0 Å². The summed E-state index contributed by atoms with van der Waals surface area (Å²) in [5.74, 6) is -0.298. The van der Waals surface area contributed by atoms with Crippen LogP contribution in [0.3, 0.4) is 0 Å². The zero-order chi connectivity index (χ0) is 16.0. The summed E-state index contributed by atoms with van der Waals surface area (Å²) in [4.78, 5) is 0.0786. The Balaban J connectivity index is 2.08. The fourth-order valence-corrected chi connectivity index (χ4v) is 2.51. The third-order valence-electron chi connectivity index (χ3n) is 2.73. The number of benzene rings is 2. The van der Waals surface area contributed by atoms with E-state index in [4.69, 9.17) is 5.73 Å². The Bertz CT molecular complexity index is 782. The summed E-state index contributed by atoms with van der Waals surface area (Å²) < 4.78 is 27.5. The van der Waals surface area contributed by atoms with E-state index in [0.29, 0.717) is 0 Å². The summed E-state index contributed by atoms with van der Waals surface area (Å²) in [5, 5.41) is 3.84. The minimum Gasteiger partial charge on any atom is -0.368 e. The molecule has 0 aliphatic carbocycles. The molecule has 22 heavy (non-hydrogen) atoms. The second kappa shape index (κ2) is 6.86. The van der Waals surface area contributed by atoms with Crippen LogP contribution in [0.2, 0.25) is 0 Å². The molecule has 0 bridgehead atoms. The predicted molar refractivity (Wildman–Crippen MR) is 87.2 cm³/mol. The number of nitrogens with one attached hydrogen (secondary N) is 1. The number of guanidine groups is 1. The Morgan fingerprint density at radius 2 is 1.73 bits per heavy atom. The summed E-state index contributed by atoms with van der Waals surface area (Å²) in [7, 11) is -3.84. The third kappa shape index (κ3) is 4.42. The van der Waals surface area contributed by atoms with Gasteiger partial charge in [0, 0.05) is 0 Å². The van der Waals surface area contributed by atoms with Crippen molar-refractivity contribution in [2.45, 2.75) is 11.8 Å². The summed E-state index contributed by atoms with van der Waals surface area (Å²) in [6, 6.07) is 15.7. The van der Waals surface area contributed by atoms with Crippen LogP contribution in [0, 0.1) is 6.92 Å². The second-order valence-corrected chi connectivity index (χ2v) is 6.15. The first-order chi connectivity index (χ1) is 10.5. The van der Waals surface area contributed by atoms with E-state index in [9.17, 15) is 8.42 Å². The molecule has 0 aliphatic rings. The minimum atomic E-state index is -3.84. The van der Waals surface area contributed by atoms with Gasteiger partial charge >= 0.3 is 0 Å². The first-order valence-corrected chi connectivity index (χ1v) is 7.92. The maximum absolute atomic E-state index is 12.0. The number of hydrazone groups is 1. The topological polar surface area (TPSA) is 96.9 Å². The number of nitrogens with two attached hydrogens (primary N) is 1. The van der Waals surface area contributed by atoms with Crippen molar-refractivity contribution in [3.05, 3.63) is 65.7 Å². The van der Waals surface area contributed by atoms with Gasteiger partial charge in [0.15, 0.2) is 0 Å². The molecule has 3 N–H and O–H groups in total. The fraction of sp³-hybridized carbons (Fsp3) is 0.0667. The Hall–Kier alpha value is -2.67. The van der Waals surface area contributed by atoms with Crippen LogP contribution in [0.1, 0.15) is 11.1 Å². The number of sulfonamides is 1. The van der Waals surface area contributed by atoms with Crippen molar-refractivity contribution in [1.29, 1.82) is 0 Å². The van der Waals surface area contributed by atoms with E-state index in [0.717, 1.165) is 11.1 Å². The van der Waals surface area contributed by atoms with Gasteiger partial charge in [-0.15, -0.1) is 4.40 Å². The lowest BCUT2D eigenvalue weighted by atomic mass is 10.2. The van der Waals surface area contributed by atoms with Gasteiger partial charge in [-0.2, -0.15) is 13.5 Å². The Kier molecular flexibility index (Phi) is 4.90. The van der Waals surface area contributed by atoms with Gasteiger partial charge in [-0.1, -0.05) is 48.0 Å². The van der Waals surface area contributed by atoms with E-state index in [1.165, 1.54) is 18.3 Å². The Morgan fingerprint density at radius 1 is 1.09 bits per heavy atom. The molecule has 2 rings (SSSR count). The maximum atomic E-state index is 12.0. The summed E-state index contributed by atoms with van der Waals surface area (Å²) >= 11 is 0. The molecule has 0 heterocycles. The van der Waals surface area contributed by atoms with Crippen molar-refractivity contribution < 1.29 is 8.42 Å². The van der Waals surface area contributed by atoms with Gasteiger partial charge < -0.3 is 5.73 Å². The minimum absolute atomic E-state index is 0.0786. The first kappa shape index (κ1) is 15.7. The highest BCUT2D eigenvalue weighted by atomic mass is 32.2. The normalized spacial score (nSPS) is 12.5. The molecule has 0 aromatic heterocycles. The van der Waals surface area contributed by atoms with Crippen molar-refractivity contribution in [2.75, 3.05) is 0 Å². The molecular formula is C15H16N4O2S. The number of rotatable bonds is 4. The van der Waals surface area contributed by atoms with Gasteiger partial charge in [0.25, 0.3) is 10.0 Å². The standard InChI is InChI=1S/C15H16N4O2S/c1-12-7-9-14(10-8-12)22(20,21)19-15(16)18-17-11-13-5-3-2-4-6-13/h2-11H,1H3,(H3,16,18,19)/b17-11-. The molecule has 0 radical (unpaired) electrons. The Morgan fingerprint density at radius 3 is 2.36 bits per heavy atom. The maximum Gasteiger partial charge on any atom is 0.285 e. The van der Waals surface area contributed by atoms with Crippen molar-refractivity contribution >= 4 is 22.2 Å². The van der Waals surface area contributed by atoms with Crippen molar-refractivity contribution in [3.8, 4) is 0 Å². The lowest BCUT2D eigenvalue weighted by Gasteiger charge is -2.02. The molecule has 0 aliphatic heterocycles. The lowest BCUT2D eigenvalue weighted by Crippen LogP contribution is -2.28. The number of hydrogen-bond acceptors (Lipinski definition) is 3. The molecule has 2 aromatic carbocycles.